The Labute approximate surface area is 102 Å². The summed E-state index contributed by atoms with van der Waals surface area (Å²) in [5, 5.41) is 3.44. The van der Waals surface area contributed by atoms with Gasteiger partial charge in [-0.25, -0.2) is 0 Å². The molecule has 0 rings (SSSR count). The minimum Gasteiger partial charge on any atom is -0.381 e. The van der Waals surface area contributed by atoms with Crippen LogP contribution in [-0.4, -0.2) is 26.3 Å². The van der Waals surface area contributed by atoms with Gasteiger partial charge in [-0.3, -0.25) is 0 Å². The van der Waals surface area contributed by atoms with Crippen LogP contribution in [0.1, 0.15) is 53.9 Å². The van der Waals surface area contributed by atoms with Crippen molar-refractivity contribution in [2.45, 2.75) is 53.9 Å². The van der Waals surface area contributed by atoms with Gasteiger partial charge in [-0.05, 0) is 43.7 Å². The largest absolute Gasteiger partial charge is 0.381 e. The topological polar surface area (TPSA) is 21.3 Å². The predicted molar refractivity (Wildman–Crippen MR) is 71.8 cm³/mol. The lowest BCUT2D eigenvalue weighted by atomic mass is 9.93. The monoisotopic (exact) mass is 229 g/mol. The fourth-order valence-corrected chi connectivity index (χ4v) is 1.33. The summed E-state index contributed by atoms with van der Waals surface area (Å²) in [5.74, 6) is 0.753. The molecular formula is C14H31NO. The average molecular weight is 229 g/mol. The second kappa shape index (κ2) is 9.00. The summed E-state index contributed by atoms with van der Waals surface area (Å²) in [6, 6.07) is 0. The zero-order valence-corrected chi connectivity index (χ0v) is 11.9. The first kappa shape index (κ1) is 15.9. The summed E-state index contributed by atoms with van der Waals surface area (Å²) in [6.07, 6.45) is 3.55. The standard InChI is InChI=1S/C14H31NO/c1-13(2)12-15-9-6-7-10-16-11-8-14(3,4)5/h13,15H,6-12H2,1-5H3. The molecular weight excluding hydrogens is 198 g/mol. The van der Waals surface area contributed by atoms with Crippen LogP contribution in [0.5, 0.6) is 0 Å². The van der Waals surface area contributed by atoms with Crippen molar-refractivity contribution in [2.75, 3.05) is 26.3 Å². The Morgan fingerprint density at radius 3 is 2.31 bits per heavy atom. The third-order valence-electron chi connectivity index (χ3n) is 2.44. The zero-order chi connectivity index (χ0) is 12.4. The molecule has 0 aromatic heterocycles. The van der Waals surface area contributed by atoms with Gasteiger partial charge in [0.25, 0.3) is 0 Å². The van der Waals surface area contributed by atoms with E-state index < -0.39 is 0 Å². The quantitative estimate of drug-likeness (QED) is 0.611. The molecule has 0 fully saturated rings. The Bertz CT molecular complexity index is 149. The van der Waals surface area contributed by atoms with Crippen LogP contribution in [0.4, 0.5) is 0 Å². The highest BCUT2D eigenvalue weighted by molar-refractivity contribution is 4.60. The van der Waals surface area contributed by atoms with Crippen LogP contribution < -0.4 is 5.32 Å². The first-order chi connectivity index (χ1) is 7.42. The predicted octanol–water partition coefficient (Wildman–Crippen LogP) is 3.47. The van der Waals surface area contributed by atoms with E-state index in [1.165, 1.54) is 12.8 Å². The Balaban J connectivity index is 3.05. The van der Waals surface area contributed by atoms with Crippen LogP contribution in [0.3, 0.4) is 0 Å². The van der Waals surface area contributed by atoms with Gasteiger partial charge in [0, 0.05) is 13.2 Å². The molecule has 0 amide bonds. The minimum absolute atomic E-state index is 0.402. The van der Waals surface area contributed by atoms with E-state index in [-0.39, 0.29) is 0 Å². The molecule has 0 heterocycles. The Morgan fingerprint density at radius 1 is 1.06 bits per heavy atom. The molecule has 0 aliphatic carbocycles. The molecule has 1 N–H and O–H groups in total. The Kier molecular flexibility index (Phi) is 8.96. The third kappa shape index (κ3) is 13.9. The maximum Gasteiger partial charge on any atom is 0.0471 e. The van der Waals surface area contributed by atoms with E-state index in [2.05, 4.69) is 39.9 Å². The fourth-order valence-electron chi connectivity index (χ4n) is 1.33. The van der Waals surface area contributed by atoms with Crippen molar-refractivity contribution >= 4 is 0 Å². The number of nitrogens with one attached hydrogen (secondary N) is 1. The van der Waals surface area contributed by atoms with Crippen molar-refractivity contribution in [3.05, 3.63) is 0 Å². The van der Waals surface area contributed by atoms with Gasteiger partial charge in [-0.2, -0.15) is 0 Å². The maximum atomic E-state index is 5.61. The van der Waals surface area contributed by atoms with E-state index >= 15 is 0 Å². The highest BCUT2D eigenvalue weighted by Crippen LogP contribution is 2.17. The van der Waals surface area contributed by atoms with Gasteiger partial charge in [-0.1, -0.05) is 34.6 Å². The van der Waals surface area contributed by atoms with Crippen LogP contribution in [0.15, 0.2) is 0 Å². The zero-order valence-electron chi connectivity index (χ0n) is 11.9. The number of hydrogen-bond donors (Lipinski definition) is 1. The summed E-state index contributed by atoms with van der Waals surface area (Å²) < 4.78 is 5.61. The molecule has 0 unspecified atom stereocenters. The lowest BCUT2D eigenvalue weighted by Gasteiger charge is -2.17. The summed E-state index contributed by atoms with van der Waals surface area (Å²) in [7, 11) is 0. The van der Waals surface area contributed by atoms with Crippen molar-refractivity contribution in [1.82, 2.24) is 5.32 Å². The summed E-state index contributed by atoms with van der Waals surface area (Å²) >= 11 is 0. The first-order valence-electron chi connectivity index (χ1n) is 6.70. The van der Waals surface area contributed by atoms with E-state index in [0.717, 1.165) is 38.6 Å². The summed E-state index contributed by atoms with van der Waals surface area (Å²) in [5.41, 5.74) is 0.402. The van der Waals surface area contributed by atoms with Crippen LogP contribution >= 0.6 is 0 Å². The van der Waals surface area contributed by atoms with Gasteiger partial charge in [0.1, 0.15) is 0 Å². The average Bonchev–Trinajstić information content (AvgIpc) is 2.13. The highest BCUT2D eigenvalue weighted by atomic mass is 16.5. The fraction of sp³-hybridized carbons (Fsp3) is 1.00. The van der Waals surface area contributed by atoms with Crippen LogP contribution in [0.25, 0.3) is 0 Å². The van der Waals surface area contributed by atoms with Crippen LogP contribution in [0, 0.1) is 11.3 Å². The maximum absolute atomic E-state index is 5.61. The number of rotatable bonds is 9. The van der Waals surface area contributed by atoms with Gasteiger partial charge in [0.15, 0.2) is 0 Å². The van der Waals surface area contributed by atoms with Gasteiger partial charge in [0.2, 0.25) is 0 Å². The minimum atomic E-state index is 0.402. The van der Waals surface area contributed by atoms with Gasteiger partial charge in [0.05, 0.1) is 0 Å². The van der Waals surface area contributed by atoms with Crippen molar-refractivity contribution < 1.29 is 4.74 Å². The van der Waals surface area contributed by atoms with E-state index in [4.69, 9.17) is 4.74 Å². The molecule has 0 aromatic rings. The smallest absolute Gasteiger partial charge is 0.0471 e. The second-order valence-corrected chi connectivity index (χ2v) is 6.23. The van der Waals surface area contributed by atoms with E-state index in [0.29, 0.717) is 5.41 Å². The molecule has 98 valence electrons. The van der Waals surface area contributed by atoms with Crippen molar-refractivity contribution in [3.63, 3.8) is 0 Å². The molecule has 0 radical (unpaired) electrons. The molecule has 0 aromatic carbocycles. The van der Waals surface area contributed by atoms with E-state index in [9.17, 15) is 0 Å². The lowest BCUT2D eigenvalue weighted by Crippen LogP contribution is -2.21. The molecule has 2 heteroatoms. The molecule has 0 spiro atoms. The summed E-state index contributed by atoms with van der Waals surface area (Å²) in [4.78, 5) is 0. The molecule has 0 aliphatic heterocycles. The SMILES string of the molecule is CC(C)CNCCCCOCCC(C)(C)C. The van der Waals surface area contributed by atoms with E-state index in [1.807, 2.05) is 0 Å². The Hall–Kier alpha value is -0.0800. The first-order valence-corrected chi connectivity index (χ1v) is 6.70. The van der Waals surface area contributed by atoms with Crippen LogP contribution in [-0.2, 0) is 4.74 Å². The Morgan fingerprint density at radius 2 is 1.75 bits per heavy atom. The van der Waals surface area contributed by atoms with Crippen molar-refractivity contribution in [1.29, 1.82) is 0 Å². The number of ether oxygens (including phenoxy) is 1. The molecule has 0 atom stereocenters. The second-order valence-electron chi connectivity index (χ2n) is 6.23. The van der Waals surface area contributed by atoms with E-state index in [1.54, 1.807) is 0 Å². The van der Waals surface area contributed by atoms with Gasteiger partial charge in [-0.15, -0.1) is 0 Å². The number of hydrogen-bond acceptors (Lipinski definition) is 2. The van der Waals surface area contributed by atoms with Crippen molar-refractivity contribution in [3.8, 4) is 0 Å². The number of unbranched alkanes of at least 4 members (excludes halogenated alkanes) is 1. The molecule has 0 bridgehead atoms. The highest BCUT2D eigenvalue weighted by Gasteiger charge is 2.08. The molecule has 0 saturated heterocycles. The summed E-state index contributed by atoms with van der Waals surface area (Å²) in [6.45, 7) is 15.3. The molecule has 0 aliphatic rings. The van der Waals surface area contributed by atoms with Gasteiger partial charge >= 0.3 is 0 Å². The molecule has 2 nitrogen and oxygen atoms in total. The van der Waals surface area contributed by atoms with Gasteiger partial charge < -0.3 is 10.1 Å². The third-order valence-corrected chi connectivity index (χ3v) is 2.44. The normalized spacial score (nSPS) is 12.4. The van der Waals surface area contributed by atoms with Crippen molar-refractivity contribution in [2.24, 2.45) is 11.3 Å². The molecule has 0 saturated carbocycles. The van der Waals surface area contributed by atoms with Crippen LogP contribution in [0.2, 0.25) is 0 Å². The molecule has 16 heavy (non-hydrogen) atoms. The lowest BCUT2D eigenvalue weighted by molar-refractivity contribution is 0.105.